The van der Waals surface area contributed by atoms with Crippen molar-refractivity contribution in [2.75, 3.05) is 27.9 Å². The van der Waals surface area contributed by atoms with Crippen molar-refractivity contribution in [3.8, 4) is 11.5 Å². The summed E-state index contributed by atoms with van der Waals surface area (Å²) in [6.07, 6.45) is 1.74. The van der Waals surface area contributed by atoms with Gasteiger partial charge in [-0.1, -0.05) is 11.6 Å². The van der Waals surface area contributed by atoms with Gasteiger partial charge >= 0.3 is 0 Å². The average molecular weight is 289 g/mol. The SMILES string of the molecule is COCCCC(NN)c1cc(Cl)c(OC)c(OC)c1. The van der Waals surface area contributed by atoms with Crippen molar-refractivity contribution in [1.29, 1.82) is 0 Å². The van der Waals surface area contributed by atoms with Crippen LogP contribution in [-0.4, -0.2) is 27.9 Å². The molecule has 0 aromatic heterocycles. The summed E-state index contributed by atoms with van der Waals surface area (Å²) in [6, 6.07) is 3.70. The molecule has 0 saturated heterocycles. The number of rotatable bonds is 8. The van der Waals surface area contributed by atoms with Crippen LogP contribution < -0.4 is 20.7 Å². The van der Waals surface area contributed by atoms with E-state index in [-0.39, 0.29) is 6.04 Å². The molecule has 108 valence electrons. The molecule has 0 radical (unpaired) electrons. The van der Waals surface area contributed by atoms with E-state index in [4.69, 9.17) is 31.7 Å². The first-order chi connectivity index (χ1) is 9.17. The second kappa shape index (κ2) is 8.22. The number of halogens is 1. The van der Waals surface area contributed by atoms with Gasteiger partial charge in [-0.15, -0.1) is 0 Å². The summed E-state index contributed by atoms with van der Waals surface area (Å²) in [5.74, 6) is 6.72. The summed E-state index contributed by atoms with van der Waals surface area (Å²) in [5, 5.41) is 0.504. The maximum absolute atomic E-state index is 6.18. The Kier molecular flexibility index (Phi) is 6.94. The smallest absolute Gasteiger partial charge is 0.179 e. The van der Waals surface area contributed by atoms with Crippen molar-refractivity contribution in [3.05, 3.63) is 22.7 Å². The van der Waals surface area contributed by atoms with Gasteiger partial charge in [0.25, 0.3) is 0 Å². The molecule has 0 aliphatic rings. The van der Waals surface area contributed by atoms with E-state index in [1.54, 1.807) is 21.3 Å². The Hall–Kier alpha value is -1.01. The minimum absolute atomic E-state index is 0.00699. The van der Waals surface area contributed by atoms with Crippen LogP contribution in [0.2, 0.25) is 5.02 Å². The van der Waals surface area contributed by atoms with Crippen LogP contribution in [0.1, 0.15) is 24.4 Å². The van der Waals surface area contributed by atoms with E-state index in [1.807, 2.05) is 12.1 Å². The fourth-order valence-corrected chi connectivity index (χ4v) is 2.21. The van der Waals surface area contributed by atoms with Gasteiger partial charge < -0.3 is 14.2 Å². The molecule has 0 spiro atoms. The Balaban J connectivity index is 2.94. The Morgan fingerprint density at radius 3 is 2.53 bits per heavy atom. The van der Waals surface area contributed by atoms with E-state index in [0.717, 1.165) is 18.4 Å². The van der Waals surface area contributed by atoms with E-state index in [9.17, 15) is 0 Å². The number of nitrogens with two attached hydrogens (primary N) is 1. The van der Waals surface area contributed by atoms with E-state index in [2.05, 4.69) is 5.43 Å². The quantitative estimate of drug-likeness (QED) is 0.436. The first kappa shape index (κ1) is 16.0. The molecule has 0 aliphatic heterocycles. The highest BCUT2D eigenvalue weighted by molar-refractivity contribution is 6.32. The van der Waals surface area contributed by atoms with Gasteiger partial charge in [0.1, 0.15) is 0 Å². The number of hydrazine groups is 1. The fraction of sp³-hybridized carbons (Fsp3) is 0.538. The highest BCUT2D eigenvalue weighted by atomic mass is 35.5. The number of nitrogens with one attached hydrogen (secondary N) is 1. The molecule has 3 N–H and O–H groups in total. The van der Waals surface area contributed by atoms with Crippen molar-refractivity contribution in [2.24, 2.45) is 5.84 Å². The predicted molar refractivity (Wildman–Crippen MR) is 75.7 cm³/mol. The largest absolute Gasteiger partial charge is 0.493 e. The minimum Gasteiger partial charge on any atom is -0.493 e. The zero-order valence-corrected chi connectivity index (χ0v) is 12.3. The number of hydrogen-bond acceptors (Lipinski definition) is 5. The topological polar surface area (TPSA) is 65.7 Å². The molecule has 0 saturated carbocycles. The van der Waals surface area contributed by atoms with Gasteiger partial charge in [0.15, 0.2) is 11.5 Å². The summed E-state index contributed by atoms with van der Waals surface area (Å²) in [7, 11) is 4.81. The zero-order chi connectivity index (χ0) is 14.3. The summed E-state index contributed by atoms with van der Waals surface area (Å²) >= 11 is 6.18. The summed E-state index contributed by atoms with van der Waals surface area (Å²) in [4.78, 5) is 0. The van der Waals surface area contributed by atoms with Crippen LogP contribution in [0.3, 0.4) is 0 Å². The van der Waals surface area contributed by atoms with Crippen LogP contribution >= 0.6 is 11.6 Å². The lowest BCUT2D eigenvalue weighted by molar-refractivity contribution is 0.189. The third-order valence-electron chi connectivity index (χ3n) is 2.90. The number of ether oxygens (including phenoxy) is 3. The van der Waals surface area contributed by atoms with Gasteiger partial charge in [0.2, 0.25) is 0 Å². The summed E-state index contributed by atoms with van der Waals surface area (Å²) in [6.45, 7) is 0.694. The molecule has 19 heavy (non-hydrogen) atoms. The van der Waals surface area contributed by atoms with E-state index in [0.29, 0.717) is 23.1 Å². The maximum atomic E-state index is 6.18. The molecule has 5 nitrogen and oxygen atoms in total. The van der Waals surface area contributed by atoms with Gasteiger partial charge in [-0.05, 0) is 30.5 Å². The predicted octanol–water partition coefficient (Wildman–Crippen LogP) is 2.29. The van der Waals surface area contributed by atoms with Crippen LogP contribution in [0.15, 0.2) is 12.1 Å². The molecule has 1 unspecified atom stereocenters. The first-order valence-electron chi connectivity index (χ1n) is 6.04. The van der Waals surface area contributed by atoms with Crippen LogP contribution in [0.4, 0.5) is 0 Å². The summed E-state index contributed by atoms with van der Waals surface area (Å²) in [5.41, 5.74) is 3.74. The van der Waals surface area contributed by atoms with E-state index >= 15 is 0 Å². The van der Waals surface area contributed by atoms with Gasteiger partial charge in [-0.25, -0.2) is 0 Å². The van der Waals surface area contributed by atoms with Crippen molar-refractivity contribution >= 4 is 11.6 Å². The Morgan fingerprint density at radius 2 is 2.00 bits per heavy atom. The minimum atomic E-state index is -0.00699. The van der Waals surface area contributed by atoms with Gasteiger partial charge in [-0.2, -0.15) is 0 Å². The second-order valence-electron chi connectivity index (χ2n) is 4.09. The molecule has 0 fully saturated rings. The normalized spacial score (nSPS) is 12.3. The molecule has 0 amide bonds. The molecule has 0 heterocycles. The van der Waals surface area contributed by atoms with Crippen LogP contribution in [-0.2, 0) is 4.74 Å². The Labute approximate surface area is 118 Å². The molecule has 1 atom stereocenters. The van der Waals surface area contributed by atoms with E-state index in [1.165, 1.54) is 0 Å². The molecule has 1 aromatic rings. The highest BCUT2D eigenvalue weighted by Crippen LogP contribution is 2.38. The van der Waals surface area contributed by atoms with Crippen molar-refractivity contribution in [2.45, 2.75) is 18.9 Å². The average Bonchev–Trinajstić information content (AvgIpc) is 2.42. The highest BCUT2D eigenvalue weighted by Gasteiger charge is 2.16. The molecule has 0 aliphatic carbocycles. The Bertz CT molecular complexity index is 402. The molecular formula is C13H21ClN2O3. The third kappa shape index (κ3) is 4.24. The van der Waals surface area contributed by atoms with Crippen LogP contribution in [0.25, 0.3) is 0 Å². The van der Waals surface area contributed by atoms with Crippen molar-refractivity contribution in [1.82, 2.24) is 5.43 Å². The maximum Gasteiger partial charge on any atom is 0.179 e. The lowest BCUT2D eigenvalue weighted by Crippen LogP contribution is -2.28. The standard InChI is InChI=1S/C13H21ClN2O3/c1-17-6-4-5-11(16-15)9-7-10(14)13(19-3)12(8-9)18-2/h7-8,11,16H,4-6,15H2,1-3H3. The van der Waals surface area contributed by atoms with E-state index < -0.39 is 0 Å². The molecule has 6 heteroatoms. The monoisotopic (exact) mass is 288 g/mol. The Morgan fingerprint density at radius 1 is 1.26 bits per heavy atom. The number of hydrogen-bond donors (Lipinski definition) is 2. The first-order valence-corrected chi connectivity index (χ1v) is 6.42. The molecule has 1 rings (SSSR count). The molecule has 0 bridgehead atoms. The number of benzene rings is 1. The zero-order valence-electron chi connectivity index (χ0n) is 11.5. The molecular weight excluding hydrogens is 268 g/mol. The van der Waals surface area contributed by atoms with Crippen molar-refractivity contribution in [3.63, 3.8) is 0 Å². The van der Waals surface area contributed by atoms with Crippen molar-refractivity contribution < 1.29 is 14.2 Å². The lowest BCUT2D eigenvalue weighted by Gasteiger charge is -2.19. The van der Waals surface area contributed by atoms with Crippen LogP contribution in [0.5, 0.6) is 11.5 Å². The molecule has 1 aromatic carbocycles. The number of methoxy groups -OCH3 is 3. The van der Waals surface area contributed by atoms with Crippen LogP contribution in [0, 0.1) is 0 Å². The van der Waals surface area contributed by atoms with Gasteiger partial charge in [0.05, 0.1) is 19.2 Å². The van der Waals surface area contributed by atoms with Gasteiger partial charge in [0, 0.05) is 19.8 Å². The lowest BCUT2D eigenvalue weighted by atomic mass is 10.0. The fourth-order valence-electron chi connectivity index (χ4n) is 1.92. The second-order valence-corrected chi connectivity index (χ2v) is 4.50. The summed E-state index contributed by atoms with van der Waals surface area (Å²) < 4.78 is 15.5. The third-order valence-corrected chi connectivity index (χ3v) is 3.18. The van der Waals surface area contributed by atoms with Gasteiger partial charge in [-0.3, -0.25) is 11.3 Å².